The van der Waals surface area contributed by atoms with Gasteiger partial charge in [0.1, 0.15) is 12.4 Å². The summed E-state index contributed by atoms with van der Waals surface area (Å²) in [7, 11) is 0. The first kappa shape index (κ1) is 16.5. The molecule has 1 atom stereocenters. The molecule has 0 bridgehead atoms. The number of nitrogens with one attached hydrogen (secondary N) is 1. The third-order valence-corrected chi connectivity index (χ3v) is 5.00. The largest absolute Gasteiger partial charge is 0.489 e. The Morgan fingerprint density at radius 3 is 2.96 bits per heavy atom. The summed E-state index contributed by atoms with van der Waals surface area (Å²) in [5.74, 6) is 1.54. The number of carbonyl (C=O) groups is 1. The lowest BCUT2D eigenvalue weighted by Crippen LogP contribution is -2.30. The van der Waals surface area contributed by atoms with Crippen molar-refractivity contribution in [2.24, 2.45) is 5.92 Å². The Balaban J connectivity index is 1.57. The Bertz CT molecular complexity index is 811. The average Bonchev–Trinajstić information content (AvgIpc) is 3.19. The number of para-hydroxylation sites is 1. The molecule has 0 spiro atoms. The van der Waals surface area contributed by atoms with Gasteiger partial charge < -0.3 is 10.1 Å². The van der Waals surface area contributed by atoms with Crippen LogP contribution in [0.25, 0.3) is 0 Å². The van der Waals surface area contributed by atoms with Crippen LogP contribution >= 0.6 is 11.6 Å². The molecule has 2 heterocycles. The van der Waals surface area contributed by atoms with E-state index in [1.807, 2.05) is 16.8 Å². The number of nitrogens with zero attached hydrogens (tertiary/aromatic N) is 2. The van der Waals surface area contributed by atoms with E-state index in [0.717, 1.165) is 30.6 Å². The first-order chi connectivity index (χ1) is 12.0. The second kappa shape index (κ2) is 6.37. The zero-order chi connectivity index (χ0) is 17.6. The van der Waals surface area contributed by atoms with E-state index in [9.17, 15) is 4.79 Å². The van der Waals surface area contributed by atoms with Gasteiger partial charge in [0.2, 0.25) is 0 Å². The van der Waals surface area contributed by atoms with Gasteiger partial charge in [-0.05, 0) is 24.8 Å². The molecule has 0 saturated heterocycles. The highest BCUT2D eigenvalue weighted by Crippen LogP contribution is 2.42. The number of benzene rings is 1. The number of carbonyl (C=O) groups excluding carboxylic acids is 1. The van der Waals surface area contributed by atoms with Crippen molar-refractivity contribution in [1.82, 2.24) is 15.1 Å². The topological polar surface area (TPSA) is 56.2 Å². The number of aromatic nitrogens is 2. The minimum absolute atomic E-state index is 0.0849. The molecule has 5 nitrogen and oxygen atoms in total. The van der Waals surface area contributed by atoms with Gasteiger partial charge in [0.05, 0.1) is 28.5 Å². The Morgan fingerprint density at radius 1 is 1.44 bits per heavy atom. The van der Waals surface area contributed by atoms with Gasteiger partial charge in [0, 0.05) is 18.0 Å². The number of rotatable bonds is 5. The Morgan fingerprint density at radius 2 is 2.24 bits per heavy atom. The van der Waals surface area contributed by atoms with Crippen LogP contribution in [0.5, 0.6) is 5.75 Å². The lowest BCUT2D eigenvalue weighted by Gasteiger charge is -2.14. The highest BCUT2D eigenvalue weighted by Gasteiger charge is 2.34. The number of ether oxygens (including phenoxy) is 1. The van der Waals surface area contributed by atoms with E-state index in [1.54, 1.807) is 12.3 Å². The van der Waals surface area contributed by atoms with Crippen molar-refractivity contribution >= 4 is 17.5 Å². The van der Waals surface area contributed by atoms with Crippen molar-refractivity contribution in [3.63, 3.8) is 0 Å². The lowest BCUT2D eigenvalue weighted by molar-refractivity contribution is 0.0929. The zero-order valence-electron chi connectivity index (χ0n) is 14.5. The van der Waals surface area contributed by atoms with Crippen LogP contribution in [0, 0.1) is 5.92 Å². The summed E-state index contributed by atoms with van der Waals surface area (Å²) in [5, 5.41) is 8.15. The van der Waals surface area contributed by atoms with Crippen molar-refractivity contribution in [1.29, 1.82) is 0 Å². The molecular formula is C19H22ClN3O2. The van der Waals surface area contributed by atoms with Crippen molar-refractivity contribution in [2.45, 2.75) is 45.2 Å². The highest BCUT2D eigenvalue weighted by atomic mass is 35.5. The number of hydrogen-bond acceptors (Lipinski definition) is 3. The van der Waals surface area contributed by atoms with Crippen molar-refractivity contribution < 1.29 is 9.53 Å². The Labute approximate surface area is 152 Å². The van der Waals surface area contributed by atoms with Crippen LogP contribution in [0.4, 0.5) is 0 Å². The number of halogens is 1. The molecule has 1 aliphatic carbocycles. The smallest absolute Gasteiger partial charge is 0.255 e. The first-order valence-corrected chi connectivity index (χ1v) is 9.20. The summed E-state index contributed by atoms with van der Waals surface area (Å²) in [6.45, 7) is 5.57. The molecule has 0 radical (unpaired) electrons. The summed E-state index contributed by atoms with van der Waals surface area (Å²) >= 11 is 6.16. The van der Waals surface area contributed by atoms with Crippen LogP contribution in [0.15, 0.2) is 24.4 Å². The van der Waals surface area contributed by atoms with Crippen LogP contribution in [0.1, 0.15) is 60.3 Å². The summed E-state index contributed by atoms with van der Waals surface area (Å²) in [4.78, 5) is 12.9. The molecule has 132 valence electrons. The highest BCUT2D eigenvalue weighted by molar-refractivity contribution is 6.32. The third-order valence-electron chi connectivity index (χ3n) is 4.70. The Hall–Kier alpha value is -2.01. The quantitative estimate of drug-likeness (QED) is 0.879. The van der Waals surface area contributed by atoms with E-state index in [2.05, 4.69) is 24.3 Å². The Kier molecular flexibility index (Phi) is 4.20. The van der Waals surface area contributed by atoms with Gasteiger partial charge in [-0.2, -0.15) is 5.10 Å². The van der Waals surface area contributed by atoms with E-state index in [-0.39, 0.29) is 11.9 Å². The molecule has 1 N–H and O–H groups in total. The molecule has 1 amide bonds. The lowest BCUT2D eigenvalue weighted by atomic mass is 10.1. The average molecular weight is 360 g/mol. The maximum Gasteiger partial charge on any atom is 0.255 e. The van der Waals surface area contributed by atoms with Gasteiger partial charge in [-0.3, -0.25) is 9.48 Å². The molecule has 1 fully saturated rings. The molecule has 6 heteroatoms. The van der Waals surface area contributed by atoms with Gasteiger partial charge in [-0.15, -0.1) is 0 Å². The second-order valence-electron chi connectivity index (χ2n) is 7.29. The van der Waals surface area contributed by atoms with Crippen LogP contribution in [0.3, 0.4) is 0 Å². The monoisotopic (exact) mass is 359 g/mol. The molecular weight excluding hydrogens is 338 g/mol. The number of amides is 1. The van der Waals surface area contributed by atoms with Crippen LogP contribution < -0.4 is 10.1 Å². The summed E-state index contributed by atoms with van der Waals surface area (Å²) in [6, 6.07) is 5.45. The predicted octanol–water partition coefficient (Wildman–Crippen LogP) is 3.93. The van der Waals surface area contributed by atoms with Crippen LogP contribution in [0.2, 0.25) is 5.02 Å². The molecule has 1 aliphatic heterocycles. The van der Waals surface area contributed by atoms with Crippen LogP contribution in [-0.4, -0.2) is 22.3 Å². The van der Waals surface area contributed by atoms with Crippen molar-refractivity contribution in [2.75, 3.05) is 6.61 Å². The molecule has 2 aromatic rings. The number of hydrogen-bond donors (Lipinski definition) is 1. The molecule has 25 heavy (non-hydrogen) atoms. The fourth-order valence-corrected chi connectivity index (χ4v) is 3.65. The standard InChI is InChI=1S/C19H22ClN3O2/c1-11(2)9-23-17(12-6-7-12)14(8-21-23)19(24)22-16-10-25-18-13(16)4-3-5-15(18)20/h3-5,8,11-12,16H,6-7,9-10H2,1-2H3,(H,22,24)/t16-/m0/s1. The summed E-state index contributed by atoms with van der Waals surface area (Å²) < 4.78 is 7.67. The van der Waals surface area contributed by atoms with Gasteiger partial charge in [-0.1, -0.05) is 37.6 Å². The van der Waals surface area contributed by atoms with Crippen LogP contribution in [-0.2, 0) is 6.54 Å². The maximum atomic E-state index is 12.9. The molecule has 4 rings (SSSR count). The van der Waals surface area contributed by atoms with Gasteiger partial charge in [0.25, 0.3) is 5.91 Å². The van der Waals surface area contributed by atoms with Gasteiger partial charge in [-0.25, -0.2) is 0 Å². The molecule has 1 aromatic heterocycles. The summed E-state index contributed by atoms with van der Waals surface area (Å²) in [6.07, 6.45) is 3.98. The maximum absolute atomic E-state index is 12.9. The normalized spacial score (nSPS) is 19.0. The fraction of sp³-hybridized carbons (Fsp3) is 0.474. The van der Waals surface area contributed by atoms with E-state index < -0.39 is 0 Å². The predicted molar refractivity (Wildman–Crippen MR) is 96.2 cm³/mol. The van der Waals surface area contributed by atoms with E-state index in [0.29, 0.717) is 34.8 Å². The molecule has 0 unspecified atom stereocenters. The van der Waals surface area contributed by atoms with Crippen molar-refractivity contribution in [3.8, 4) is 5.75 Å². The van der Waals surface area contributed by atoms with E-state index in [4.69, 9.17) is 16.3 Å². The number of fused-ring (bicyclic) bond motifs is 1. The minimum atomic E-state index is -0.179. The third kappa shape index (κ3) is 3.13. The van der Waals surface area contributed by atoms with Gasteiger partial charge in [0.15, 0.2) is 0 Å². The molecule has 2 aliphatic rings. The molecule has 1 aromatic carbocycles. The van der Waals surface area contributed by atoms with E-state index in [1.165, 1.54) is 0 Å². The minimum Gasteiger partial charge on any atom is -0.489 e. The van der Waals surface area contributed by atoms with E-state index >= 15 is 0 Å². The molecule has 1 saturated carbocycles. The van der Waals surface area contributed by atoms with Gasteiger partial charge >= 0.3 is 0 Å². The summed E-state index contributed by atoms with van der Waals surface area (Å²) in [5.41, 5.74) is 2.71. The zero-order valence-corrected chi connectivity index (χ0v) is 15.2. The first-order valence-electron chi connectivity index (χ1n) is 8.82. The SMILES string of the molecule is CC(C)Cn1ncc(C(=O)N[C@H]2COc3c(Cl)cccc32)c1C1CC1. The van der Waals surface area contributed by atoms with Crippen molar-refractivity contribution in [3.05, 3.63) is 46.2 Å². The second-order valence-corrected chi connectivity index (χ2v) is 7.70. The fourth-order valence-electron chi connectivity index (χ4n) is 3.41.